The van der Waals surface area contributed by atoms with E-state index in [0.29, 0.717) is 0 Å². The minimum Gasteiger partial charge on any atom is -0.496 e. The maximum absolute atomic E-state index is 5.33. The summed E-state index contributed by atoms with van der Waals surface area (Å²) in [5, 5.41) is 2.32. The van der Waals surface area contributed by atoms with Crippen molar-refractivity contribution in [1.29, 1.82) is 0 Å². The summed E-state index contributed by atoms with van der Waals surface area (Å²) in [4.78, 5) is 1.48. The summed E-state index contributed by atoms with van der Waals surface area (Å²) in [7, 11) is 6.07. The van der Waals surface area contributed by atoms with Crippen LogP contribution in [0.3, 0.4) is 0 Å². The largest absolute Gasteiger partial charge is 0.496 e. The van der Waals surface area contributed by atoms with E-state index in [1.165, 1.54) is 17.0 Å². The molecule has 0 aliphatic rings. The SMILES string of the molecule is COc1ccc(Br)cc1C[NH2+]CC[NH+](C)C. The molecule has 0 saturated heterocycles. The molecule has 0 bridgehead atoms. The molecule has 0 fully saturated rings. The number of hydrogen-bond acceptors (Lipinski definition) is 1. The number of quaternary nitrogens is 2. The number of benzene rings is 1. The summed E-state index contributed by atoms with van der Waals surface area (Å²) in [5.74, 6) is 0.969. The molecule has 3 nitrogen and oxygen atoms in total. The molecule has 0 radical (unpaired) electrons. The van der Waals surface area contributed by atoms with Crippen LogP contribution >= 0.6 is 15.9 Å². The lowest BCUT2D eigenvalue weighted by atomic mass is 10.2. The van der Waals surface area contributed by atoms with Crippen LogP contribution < -0.4 is 15.0 Å². The summed E-state index contributed by atoms with van der Waals surface area (Å²) in [6.45, 7) is 3.28. The van der Waals surface area contributed by atoms with Gasteiger partial charge in [0.05, 0.1) is 21.2 Å². The van der Waals surface area contributed by atoms with E-state index in [2.05, 4.69) is 41.4 Å². The molecule has 0 amide bonds. The Kier molecular flexibility index (Phi) is 5.80. The van der Waals surface area contributed by atoms with Crippen LogP contribution in [0.2, 0.25) is 0 Å². The third kappa shape index (κ3) is 4.51. The van der Waals surface area contributed by atoms with E-state index in [4.69, 9.17) is 4.74 Å². The molecular weight excluding hydrogens is 268 g/mol. The maximum atomic E-state index is 5.33. The van der Waals surface area contributed by atoms with E-state index in [-0.39, 0.29) is 0 Å². The van der Waals surface area contributed by atoms with Crippen molar-refractivity contribution in [2.24, 2.45) is 0 Å². The Hall–Kier alpha value is -0.580. The van der Waals surface area contributed by atoms with Crippen molar-refractivity contribution in [1.82, 2.24) is 0 Å². The van der Waals surface area contributed by atoms with Crippen LogP contribution in [0.25, 0.3) is 0 Å². The van der Waals surface area contributed by atoms with Crippen molar-refractivity contribution in [2.75, 3.05) is 34.3 Å². The monoisotopic (exact) mass is 288 g/mol. The number of nitrogens with two attached hydrogens (primary N) is 1. The number of hydrogen-bond donors (Lipinski definition) is 2. The molecule has 0 aliphatic heterocycles. The third-order valence-electron chi connectivity index (χ3n) is 2.46. The molecule has 0 aliphatic carbocycles. The van der Waals surface area contributed by atoms with Gasteiger partial charge in [0.2, 0.25) is 0 Å². The molecule has 90 valence electrons. The third-order valence-corrected chi connectivity index (χ3v) is 2.95. The van der Waals surface area contributed by atoms with Gasteiger partial charge in [0.1, 0.15) is 25.4 Å². The zero-order valence-corrected chi connectivity index (χ0v) is 11.8. The first-order valence-electron chi connectivity index (χ1n) is 5.56. The molecule has 0 heterocycles. The van der Waals surface area contributed by atoms with Crippen molar-refractivity contribution in [3.05, 3.63) is 28.2 Å². The van der Waals surface area contributed by atoms with Gasteiger partial charge in [0, 0.05) is 10.0 Å². The van der Waals surface area contributed by atoms with Crippen molar-refractivity contribution in [3.8, 4) is 5.75 Å². The quantitative estimate of drug-likeness (QED) is 0.690. The fraction of sp³-hybridized carbons (Fsp3) is 0.500. The number of methoxy groups -OCH3 is 1. The zero-order valence-electron chi connectivity index (χ0n) is 10.2. The van der Waals surface area contributed by atoms with Gasteiger partial charge >= 0.3 is 0 Å². The topological polar surface area (TPSA) is 30.3 Å². The van der Waals surface area contributed by atoms with Gasteiger partial charge in [-0.2, -0.15) is 0 Å². The van der Waals surface area contributed by atoms with Crippen LogP contribution in [-0.4, -0.2) is 34.3 Å². The minimum atomic E-state index is 0.968. The Morgan fingerprint density at radius 3 is 2.75 bits per heavy atom. The minimum absolute atomic E-state index is 0.968. The molecule has 0 atom stereocenters. The molecule has 1 rings (SSSR count). The number of likely N-dealkylation sites (N-methyl/N-ethyl adjacent to an activating group) is 1. The highest BCUT2D eigenvalue weighted by Crippen LogP contribution is 2.21. The highest BCUT2D eigenvalue weighted by Gasteiger charge is 2.05. The van der Waals surface area contributed by atoms with E-state index in [0.717, 1.165) is 23.3 Å². The van der Waals surface area contributed by atoms with E-state index < -0.39 is 0 Å². The van der Waals surface area contributed by atoms with Crippen molar-refractivity contribution in [2.45, 2.75) is 6.54 Å². The normalized spacial score (nSPS) is 10.8. The Labute approximate surface area is 106 Å². The zero-order chi connectivity index (χ0) is 12.0. The highest BCUT2D eigenvalue weighted by atomic mass is 79.9. The Bertz CT molecular complexity index is 329. The van der Waals surface area contributed by atoms with Crippen LogP contribution in [0.5, 0.6) is 5.75 Å². The molecule has 1 aromatic rings. The summed E-state index contributed by atoms with van der Waals surface area (Å²) in [6, 6.07) is 6.13. The maximum Gasteiger partial charge on any atom is 0.127 e. The van der Waals surface area contributed by atoms with E-state index in [1.54, 1.807) is 7.11 Å². The van der Waals surface area contributed by atoms with E-state index in [1.807, 2.05) is 12.1 Å². The average molecular weight is 289 g/mol. The summed E-state index contributed by atoms with van der Waals surface area (Å²) in [6.07, 6.45) is 0. The van der Waals surface area contributed by atoms with Gasteiger partial charge in [-0.1, -0.05) is 15.9 Å². The molecule has 1 aromatic carbocycles. The fourth-order valence-corrected chi connectivity index (χ4v) is 1.96. The molecular formula is C12H21BrN2O+2. The lowest BCUT2D eigenvalue weighted by Crippen LogP contribution is -3.09. The van der Waals surface area contributed by atoms with E-state index >= 15 is 0 Å². The predicted molar refractivity (Wildman–Crippen MR) is 68.9 cm³/mol. The summed E-state index contributed by atoms with van der Waals surface area (Å²) < 4.78 is 6.44. The number of halogens is 1. The first-order valence-corrected chi connectivity index (χ1v) is 6.36. The van der Waals surface area contributed by atoms with Gasteiger partial charge in [-0.05, 0) is 18.2 Å². The van der Waals surface area contributed by atoms with Crippen LogP contribution in [0.4, 0.5) is 0 Å². The standard InChI is InChI=1S/C12H19BrN2O/c1-15(2)7-6-14-9-10-8-11(13)4-5-12(10)16-3/h4-5,8,14H,6-7,9H2,1-3H3/p+2. The second kappa shape index (κ2) is 6.89. The summed E-state index contributed by atoms with van der Waals surface area (Å²) >= 11 is 3.48. The number of nitrogens with one attached hydrogen (secondary N) is 1. The van der Waals surface area contributed by atoms with Gasteiger partial charge in [-0.3, -0.25) is 0 Å². The molecule has 16 heavy (non-hydrogen) atoms. The van der Waals surface area contributed by atoms with Gasteiger partial charge in [-0.15, -0.1) is 0 Å². The second-order valence-electron chi connectivity index (χ2n) is 4.19. The van der Waals surface area contributed by atoms with Crippen LogP contribution in [0.1, 0.15) is 5.56 Å². The first-order chi connectivity index (χ1) is 7.63. The van der Waals surface area contributed by atoms with Gasteiger partial charge in [0.25, 0.3) is 0 Å². The van der Waals surface area contributed by atoms with Crippen molar-refractivity contribution < 1.29 is 15.0 Å². The molecule has 0 unspecified atom stereocenters. The predicted octanol–water partition coefficient (Wildman–Crippen LogP) is -0.334. The van der Waals surface area contributed by atoms with Gasteiger partial charge in [-0.25, -0.2) is 0 Å². The van der Waals surface area contributed by atoms with Crippen LogP contribution in [0.15, 0.2) is 22.7 Å². The Morgan fingerprint density at radius 1 is 1.38 bits per heavy atom. The lowest BCUT2D eigenvalue weighted by Gasteiger charge is -2.09. The lowest BCUT2D eigenvalue weighted by molar-refractivity contribution is -0.875. The van der Waals surface area contributed by atoms with Crippen molar-refractivity contribution >= 4 is 15.9 Å². The van der Waals surface area contributed by atoms with E-state index in [9.17, 15) is 0 Å². The highest BCUT2D eigenvalue weighted by molar-refractivity contribution is 9.10. The van der Waals surface area contributed by atoms with Crippen molar-refractivity contribution in [3.63, 3.8) is 0 Å². The molecule has 3 N–H and O–H groups in total. The Morgan fingerprint density at radius 2 is 2.12 bits per heavy atom. The second-order valence-corrected chi connectivity index (χ2v) is 5.11. The van der Waals surface area contributed by atoms with Crippen LogP contribution in [0, 0.1) is 0 Å². The smallest absolute Gasteiger partial charge is 0.127 e. The molecule has 0 aromatic heterocycles. The number of ether oxygens (including phenoxy) is 1. The molecule has 4 heteroatoms. The van der Waals surface area contributed by atoms with Gasteiger partial charge < -0.3 is 15.0 Å². The average Bonchev–Trinajstić information content (AvgIpc) is 2.24. The van der Waals surface area contributed by atoms with Crippen LogP contribution in [-0.2, 0) is 6.54 Å². The molecule has 0 spiro atoms. The number of rotatable bonds is 6. The fourth-order valence-electron chi connectivity index (χ4n) is 1.55. The van der Waals surface area contributed by atoms with Gasteiger partial charge in [0.15, 0.2) is 0 Å². The Balaban J connectivity index is 2.48. The summed E-state index contributed by atoms with van der Waals surface area (Å²) in [5.41, 5.74) is 1.24. The molecule has 0 saturated carbocycles. The first kappa shape index (κ1) is 13.5.